The van der Waals surface area contributed by atoms with Gasteiger partial charge in [0.15, 0.2) is 0 Å². The molecule has 0 fully saturated rings. The van der Waals surface area contributed by atoms with Crippen LogP contribution in [0.4, 0.5) is 4.79 Å². The second kappa shape index (κ2) is 24.2. The Morgan fingerprint density at radius 3 is 1.76 bits per heavy atom. The molecule has 1 N–H and O–H groups in total. The van der Waals surface area contributed by atoms with Crippen LogP contribution in [0.3, 0.4) is 0 Å². The molecule has 190 valence electrons. The SMILES string of the molecule is O=C(NCCOCCOCCOCCOCCOCCCCCCI)OCc1ccccc1. The van der Waals surface area contributed by atoms with Crippen molar-refractivity contribution >= 4 is 28.7 Å². The van der Waals surface area contributed by atoms with Crippen LogP contribution in [0.1, 0.15) is 31.2 Å². The molecule has 0 unspecified atom stereocenters. The number of ether oxygens (including phenoxy) is 6. The maximum absolute atomic E-state index is 11.6. The van der Waals surface area contributed by atoms with E-state index in [1.165, 1.54) is 23.7 Å². The van der Waals surface area contributed by atoms with Crippen LogP contribution in [0.15, 0.2) is 30.3 Å². The molecule has 0 aromatic heterocycles. The Morgan fingerprint density at radius 2 is 1.18 bits per heavy atom. The fourth-order valence-corrected chi connectivity index (χ4v) is 3.17. The number of benzene rings is 1. The number of rotatable bonds is 23. The van der Waals surface area contributed by atoms with Gasteiger partial charge in [-0.3, -0.25) is 0 Å². The van der Waals surface area contributed by atoms with E-state index in [0.29, 0.717) is 66.0 Å². The van der Waals surface area contributed by atoms with Crippen molar-refractivity contribution in [2.24, 2.45) is 0 Å². The number of hydrogen-bond donors (Lipinski definition) is 1. The average molecular weight is 581 g/mol. The number of halogens is 1. The van der Waals surface area contributed by atoms with Crippen LogP contribution in [-0.2, 0) is 35.0 Å². The van der Waals surface area contributed by atoms with Gasteiger partial charge < -0.3 is 33.7 Å². The monoisotopic (exact) mass is 581 g/mol. The van der Waals surface area contributed by atoms with E-state index in [-0.39, 0.29) is 6.61 Å². The molecule has 1 aromatic carbocycles. The summed E-state index contributed by atoms with van der Waals surface area (Å²) in [5.74, 6) is 0. The van der Waals surface area contributed by atoms with Gasteiger partial charge in [-0.05, 0) is 22.8 Å². The van der Waals surface area contributed by atoms with Crippen LogP contribution in [0.5, 0.6) is 0 Å². The van der Waals surface area contributed by atoms with E-state index in [2.05, 4.69) is 27.9 Å². The van der Waals surface area contributed by atoms with E-state index in [9.17, 15) is 4.79 Å². The molecular formula is C24H40INO7. The van der Waals surface area contributed by atoms with Crippen molar-refractivity contribution in [1.29, 1.82) is 0 Å². The molecule has 0 radical (unpaired) electrons. The first-order chi connectivity index (χ1) is 16.3. The van der Waals surface area contributed by atoms with Crippen molar-refractivity contribution < 1.29 is 33.2 Å². The summed E-state index contributed by atoms with van der Waals surface area (Å²) >= 11 is 2.41. The zero-order valence-electron chi connectivity index (χ0n) is 19.6. The van der Waals surface area contributed by atoms with E-state index in [4.69, 9.17) is 28.4 Å². The van der Waals surface area contributed by atoms with Crippen LogP contribution in [0, 0.1) is 0 Å². The molecule has 8 nitrogen and oxygen atoms in total. The predicted octanol–water partition coefficient (Wildman–Crippen LogP) is 3.99. The fourth-order valence-electron chi connectivity index (χ4n) is 2.63. The molecule has 33 heavy (non-hydrogen) atoms. The second-order valence-electron chi connectivity index (χ2n) is 7.15. The van der Waals surface area contributed by atoms with Crippen molar-refractivity contribution in [2.75, 3.05) is 77.0 Å². The number of nitrogens with one attached hydrogen (secondary N) is 1. The third kappa shape index (κ3) is 21.3. The van der Waals surface area contributed by atoms with Gasteiger partial charge in [0, 0.05) is 13.2 Å². The minimum Gasteiger partial charge on any atom is -0.445 e. The summed E-state index contributed by atoms with van der Waals surface area (Å²) in [5.41, 5.74) is 0.950. The maximum Gasteiger partial charge on any atom is 0.407 e. The molecular weight excluding hydrogens is 541 g/mol. The number of unbranched alkanes of at least 4 members (excludes halogenated alkanes) is 3. The highest BCUT2D eigenvalue weighted by Gasteiger charge is 2.01. The normalized spacial score (nSPS) is 10.9. The van der Waals surface area contributed by atoms with Gasteiger partial charge in [-0.1, -0.05) is 65.8 Å². The first-order valence-electron chi connectivity index (χ1n) is 11.7. The number of amides is 1. The molecule has 0 saturated carbocycles. The van der Waals surface area contributed by atoms with Gasteiger partial charge in [0.05, 0.1) is 59.5 Å². The molecule has 1 rings (SSSR count). The highest BCUT2D eigenvalue weighted by molar-refractivity contribution is 14.1. The van der Waals surface area contributed by atoms with Crippen LogP contribution in [0.2, 0.25) is 0 Å². The Labute approximate surface area is 212 Å². The Balaban J connectivity index is 1.70. The zero-order chi connectivity index (χ0) is 23.7. The smallest absolute Gasteiger partial charge is 0.407 e. The summed E-state index contributed by atoms with van der Waals surface area (Å²) in [6, 6.07) is 9.54. The van der Waals surface area contributed by atoms with Gasteiger partial charge in [-0.25, -0.2) is 4.79 Å². The van der Waals surface area contributed by atoms with Gasteiger partial charge in [0.1, 0.15) is 6.61 Å². The summed E-state index contributed by atoms with van der Waals surface area (Å²) in [6.45, 7) is 6.18. The van der Waals surface area contributed by atoms with E-state index >= 15 is 0 Å². The lowest BCUT2D eigenvalue weighted by molar-refractivity contribution is -0.0110. The third-order valence-corrected chi connectivity index (χ3v) is 5.15. The highest BCUT2D eigenvalue weighted by atomic mass is 127. The molecule has 0 aliphatic carbocycles. The van der Waals surface area contributed by atoms with Crippen molar-refractivity contribution in [3.05, 3.63) is 35.9 Å². The molecule has 0 bridgehead atoms. The standard InChI is InChI=1S/C24H40INO7/c25-10-6-1-2-7-12-28-14-16-30-18-20-32-21-19-31-17-15-29-13-11-26-24(27)33-22-23-8-4-3-5-9-23/h3-5,8-9H,1-2,6-7,10-22H2,(H,26,27). The summed E-state index contributed by atoms with van der Waals surface area (Å²) in [7, 11) is 0. The van der Waals surface area contributed by atoms with Gasteiger partial charge in [-0.15, -0.1) is 0 Å². The molecule has 0 aliphatic rings. The maximum atomic E-state index is 11.6. The summed E-state index contributed by atoms with van der Waals surface area (Å²) < 4.78 is 33.6. The van der Waals surface area contributed by atoms with Gasteiger partial charge in [0.25, 0.3) is 0 Å². The van der Waals surface area contributed by atoms with Gasteiger partial charge in [0.2, 0.25) is 0 Å². The van der Waals surface area contributed by atoms with E-state index in [0.717, 1.165) is 18.6 Å². The van der Waals surface area contributed by atoms with E-state index < -0.39 is 6.09 Å². The van der Waals surface area contributed by atoms with Crippen molar-refractivity contribution in [3.63, 3.8) is 0 Å². The van der Waals surface area contributed by atoms with Gasteiger partial charge >= 0.3 is 6.09 Å². The van der Waals surface area contributed by atoms with Crippen LogP contribution in [0.25, 0.3) is 0 Å². The lowest BCUT2D eigenvalue weighted by Gasteiger charge is -2.09. The van der Waals surface area contributed by atoms with Crippen LogP contribution in [-0.4, -0.2) is 83.1 Å². The zero-order valence-corrected chi connectivity index (χ0v) is 21.8. The van der Waals surface area contributed by atoms with E-state index in [1.807, 2.05) is 30.3 Å². The number of alkyl carbamates (subject to hydrolysis) is 1. The number of carbonyl (C=O) groups is 1. The summed E-state index contributed by atoms with van der Waals surface area (Å²) in [5, 5.41) is 2.64. The Morgan fingerprint density at radius 1 is 0.667 bits per heavy atom. The molecule has 0 spiro atoms. The Hall–Kier alpha value is -0.980. The number of alkyl halides is 1. The summed E-state index contributed by atoms with van der Waals surface area (Å²) in [6.07, 6.45) is 4.52. The molecule has 1 amide bonds. The molecule has 0 saturated heterocycles. The average Bonchev–Trinajstić information content (AvgIpc) is 2.84. The first-order valence-corrected chi connectivity index (χ1v) is 13.2. The number of carbonyl (C=O) groups excluding carboxylic acids is 1. The number of hydrogen-bond acceptors (Lipinski definition) is 7. The highest BCUT2D eigenvalue weighted by Crippen LogP contribution is 2.02. The van der Waals surface area contributed by atoms with Crippen molar-refractivity contribution in [2.45, 2.75) is 32.3 Å². The predicted molar refractivity (Wildman–Crippen MR) is 136 cm³/mol. The third-order valence-electron chi connectivity index (χ3n) is 4.39. The quantitative estimate of drug-likeness (QED) is 0.119. The first kappa shape index (κ1) is 30.1. The minimum atomic E-state index is -0.454. The van der Waals surface area contributed by atoms with Gasteiger partial charge in [-0.2, -0.15) is 0 Å². The Kier molecular flexibility index (Phi) is 22.0. The minimum absolute atomic E-state index is 0.253. The summed E-state index contributed by atoms with van der Waals surface area (Å²) in [4.78, 5) is 11.6. The largest absolute Gasteiger partial charge is 0.445 e. The molecule has 0 atom stereocenters. The van der Waals surface area contributed by atoms with Crippen LogP contribution >= 0.6 is 22.6 Å². The van der Waals surface area contributed by atoms with E-state index in [1.54, 1.807) is 0 Å². The molecule has 0 aliphatic heterocycles. The lowest BCUT2D eigenvalue weighted by atomic mass is 10.2. The second-order valence-corrected chi connectivity index (χ2v) is 8.23. The topological polar surface area (TPSA) is 84.5 Å². The van der Waals surface area contributed by atoms with Crippen molar-refractivity contribution in [3.8, 4) is 0 Å². The molecule has 0 heterocycles. The molecule has 9 heteroatoms. The van der Waals surface area contributed by atoms with Crippen molar-refractivity contribution in [1.82, 2.24) is 5.32 Å². The lowest BCUT2D eigenvalue weighted by Crippen LogP contribution is -2.28. The fraction of sp³-hybridized carbons (Fsp3) is 0.708. The van der Waals surface area contributed by atoms with Crippen LogP contribution < -0.4 is 5.32 Å². The Bertz CT molecular complexity index is 551. The molecule has 1 aromatic rings.